The van der Waals surface area contributed by atoms with Crippen LogP contribution in [0.2, 0.25) is 0 Å². The lowest BCUT2D eigenvalue weighted by Crippen LogP contribution is -2.52. The quantitative estimate of drug-likeness (QED) is 0.626. The van der Waals surface area contributed by atoms with E-state index in [0.717, 1.165) is 0 Å². The summed E-state index contributed by atoms with van der Waals surface area (Å²) in [6.45, 7) is 3.02. The van der Waals surface area contributed by atoms with Crippen LogP contribution in [-0.4, -0.2) is 73.5 Å². The Bertz CT molecular complexity index is 246. The van der Waals surface area contributed by atoms with Crippen molar-refractivity contribution in [3.8, 4) is 0 Å². The molecule has 0 saturated carbocycles. The molecule has 0 unspecified atom stereocenters. The first-order chi connectivity index (χ1) is 7.00. The summed E-state index contributed by atoms with van der Waals surface area (Å²) in [7, 11) is 3.47. The fraction of sp³-hybridized carbons (Fsp3) is 0.778. The number of carbonyl (C=O) groups is 2. The molecule has 1 heterocycles. The first kappa shape index (κ1) is 11.8. The molecule has 2 N–H and O–H groups in total. The summed E-state index contributed by atoms with van der Waals surface area (Å²) in [5.74, 6) is -0.317. The molecule has 0 aliphatic carbocycles. The summed E-state index contributed by atoms with van der Waals surface area (Å²) in [6, 6.07) is 0.0220. The molecule has 0 aromatic heterocycles. The smallest absolute Gasteiger partial charge is 0.319 e. The first-order valence-corrected chi connectivity index (χ1v) is 4.97. The van der Waals surface area contributed by atoms with Gasteiger partial charge in [0.2, 0.25) is 5.91 Å². The van der Waals surface area contributed by atoms with Crippen LogP contribution in [0.25, 0.3) is 0 Å². The molecule has 3 amide bonds. The molecule has 1 rings (SSSR count). The van der Waals surface area contributed by atoms with Crippen molar-refractivity contribution < 1.29 is 9.59 Å². The van der Waals surface area contributed by atoms with Crippen molar-refractivity contribution in [1.29, 1.82) is 0 Å². The molecule has 0 aromatic rings. The number of carbonyl (C=O) groups excluding carboxylic acids is 2. The maximum atomic E-state index is 11.6. The van der Waals surface area contributed by atoms with E-state index < -0.39 is 0 Å². The lowest BCUT2D eigenvalue weighted by molar-refractivity contribution is -0.119. The second-order valence-corrected chi connectivity index (χ2v) is 3.91. The van der Waals surface area contributed by atoms with E-state index in [1.807, 2.05) is 4.90 Å². The number of rotatable bonds is 2. The van der Waals surface area contributed by atoms with Crippen LogP contribution in [0, 0.1) is 0 Å². The lowest BCUT2D eigenvalue weighted by atomic mass is 10.3. The van der Waals surface area contributed by atoms with Gasteiger partial charge in [-0.2, -0.15) is 0 Å². The van der Waals surface area contributed by atoms with E-state index in [0.29, 0.717) is 26.2 Å². The van der Waals surface area contributed by atoms with Crippen molar-refractivity contribution in [1.82, 2.24) is 14.7 Å². The zero-order chi connectivity index (χ0) is 11.4. The molecule has 0 aromatic carbocycles. The molecule has 1 saturated heterocycles. The minimum atomic E-state index is -0.317. The number of hydrogen-bond acceptors (Lipinski definition) is 3. The molecule has 1 aliphatic heterocycles. The summed E-state index contributed by atoms with van der Waals surface area (Å²) in [5, 5.41) is 0. The van der Waals surface area contributed by atoms with E-state index in [1.54, 1.807) is 23.9 Å². The predicted octanol–water partition coefficient (Wildman–Crippen LogP) is -1.23. The predicted molar refractivity (Wildman–Crippen MR) is 56.3 cm³/mol. The van der Waals surface area contributed by atoms with E-state index in [1.165, 1.54) is 0 Å². The molecule has 86 valence electrons. The van der Waals surface area contributed by atoms with Crippen LogP contribution in [0.5, 0.6) is 0 Å². The van der Waals surface area contributed by atoms with Gasteiger partial charge in [0.1, 0.15) is 0 Å². The first-order valence-electron chi connectivity index (χ1n) is 4.97. The summed E-state index contributed by atoms with van der Waals surface area (Å²) >= 11 is 0. The standard InChI is InChI=1S/C9H18N4O2/c1-11(2)9(15)13-5-3-12(4-6-13)7-8(10)14/h3-7H2,1-2H3,(H2,10,14). The van der Waals surface area contributed by atoms with Gasteiger partial charge in [0.25, 0.3) is 0 Å². The molecule has 1 fully saturated rings. The second kappa shape index (κ2) is 4.97. The van der Waals surface area contributed by atoms with Gasteiger partial charge in [-0.3, -0.25) is 9.69 Å². The monoisotopic (exact) mass is 214 g/mol. The Kier molecular flexibility index (Phi) is 3.90. The number of amides is 3. The Hall–Kier alpha value is -1.30. The number of hydrogen-bond donors (Lipinski definition) is 1. The van der Waals surface area contributed by atoms with Gasteiger partial charge in [-0.05, 0) is 0 Å². The fourth-order valence-corrected chi connectivity index (χ4v) is 1.60. The Labute approximate surface area is 89.6 Å². The molecule has 15 heavy (non-hydrogen) atoms. The summed E-state index contributed by atoms with van der Waals surface area (Å²) in [6.07, 6.45) is 0. The zero-order valence-corrected chi connectivity index (χ0v) is 9.27. The van der Waals surface area contributed by atoms with Gasteiger partial charge >= 0.3 is 6.03 Å². The maximum absolute atomic E-state index is 11.6. The second-order valence-electron chi connectivity index (χ2n) is 3.91. The molecule has 0 spiro atoms. The number of urea groups is 1. The largest absolute Gasteiger partial charge is 0.369 e. The topological polar surface area (TPSA) is 69.9 Å². The number of nitrogens with two attached hydrogens (primary N) is 1. The molecular weight excluding hydrogens is 196 g/mol. The van der Waals surface area contributed by atoms with Crippen LogP contribution in [0.15, 0.2) is 0 Å². The van der Waals surface area contributed by atoms with Crippen molar-refractivity contribution in [3.63, 3.8) is 0 Å². The van der Waals surface area contributed by atoms with E-state index >= 15 is 0 Å². The average Bonchev–Trinajstić information content (AvgIpc) is 2.17. The lowest BCUT2D eigenvalue weighted by Gasteiger charge is -2.35. The van der Waals surface area contributed by atoms with E-state index in [-0.39, 0.29) is 18.5 Å². The van der Waals surface area contributed by atoms with Gasteiger partial charge < -0.3 is 15.5 Å². The Morgan fingerprint density at radius 2 is 1.73 bits per heavy atom. The van der Waals surface area contributed by atoms with Crippen molar-refractivity contribution in [2.75, 3.05) is 46.8 Å². The molecule has 0 atom stereocenters. The Morgan fingerprint density at radius 1 is 1.20 bits per heavy atom. The zero-order valence-electron chi connectivity index (χ0n) is 9.27. The number of nitrogens with zero attached hydrogens (tertiary/aromatic N) is 3. The normalized spacial score (nSPS) is 17.6. The third-order valence-electron chi connectivity index (χ3n) is 2.40. The summed E-state index contributed by atoms with van der Waals surface area (Å²) in [5.41, 5.74) is 5.10. The Balaban J connectivity index is 2.35. The highest BCUT2D eigenvalue weighted by Crippen LogP contribution is 2.03. The molecule has 0 radical (unpaired) electrons. The van der Waals surface area contributed by atoms with Gasteiger partial charge in [0.05, 0.1) is 6.54 Å². The van der Waals surface area contributed by atoms with Crippen molar-refractivity contribution in [3.05, 3.63) is 0 Å². The van der Waals surface area contributed by atoms with Gasteiger partial charge in [-0.25, -0.2) is 4.79 Å². The van der Waals surface area contributed by atoms with Gasteiger partial charge in [0, 0.05) is 40.3 Å². The minimum Gasteiger partial charge on any atom is -0.369 e. The third kappa shape index (κ3) is 3.39. The summed E-state index contributed by atoms with van der Waals surface area (Å²) in [4.78, 5) is 27.5. The molecule has 6 nitrogen and oxygen atoms in total. The minimum absolute atomic E-state index is 0.0220. The SMILES string of the molecule is CN(C)C(=O)N1CCN(CC(N)=O)CC1. The van der Waals surface area contributed by atoms with E-state index in [9.17, 15) is 9.59 Å². The van der Waals surface area contributed by atoms with Crippen LogP contribution in [-0.2, 0) is 4.79 Å². The number of primary amides is 1. The fourth-order valence-electron chi connectivity index (χ4n) is 1.60. The van der Waals surface area contributed by atoms with Crippen LogP contribution in [0.4, 0.5) is 4.79 Å². The van der Waals surface area contributed by atoms with Gasteiger partial charge in [-0.1, -0.05) is 0 Å². The van der Waals surface area contributed by atoms with Gasteiger partial charge in [0.15, 0.2) is 0 Å². The van der Waals surface area contributed by atoms with Crippen LogP contribution >= 0.6 is 0 Å². The average molecular weight is 214 g/mol. The third-order valence-corrected chi connectivity index (χ3v) is 2.40. The molecule has 0 bridgehead atoms. The summed E-state index contributed by atoms with van der Waals surface area (Å²) < 4.78 is 0. The van der Waals surface area contributed by atoms with Crippen LogP contribution in [0.3, 0.4) is 0 Å². The van der Waals surface area contributed by atoms with E-state index in [2.05, 4.69) is 0 Å². The molecular formula is C9H18N4O2. The van der Waals surface area contributed by atoms with Crippen LogP contribution in [0.1, 0.15) is 0 Å². The van der Waals surface area contributed by atoms with Gasteiger partial charge in [-0.15, -0.1) is 0 Å². The number of piperazine rings is 1. The van der Waals surface area contributed by atoms with E-state index in [4.69, 9.17) is 5.73 Å². The highest BCUT2D eigenvalue weighted by molar-refractivity contribution is 5.76. The van der Waals surface area contributed by atoms with Crippen LogP contribution < -0.4 is 5.73 Å². The highest BCUT2D eigenvalue weighted by Gasteiger charge is 2.22. The maximum Gasteiger partial charge on any atom is 0.319 e. The molecule has 1 aliphatic rings. The van der Waals surface area contributed by atoms with Crippen molar-refractivity contribution in [2.24, 2.45) is 5.73 Å². The molecule has 6 heteroatoms. The van der Waals surface area contributed by atoms with Crippen molar-refractivity contribution >= 4 is 11.9 Å². The Morgan fingerprint density at radius 3 is 2.13 bits per heavy atom. The van der Waals surface area contributed by atoms with Crippen molar-refractivity contribution in [2.45, 2.75) is 0 Å². The highest BCUT2D eigenvalue weighted by atomic mass is 16.2.